The van der Waals surface area contributed by atoms with Gasteiger partial charge >= 0.3 is 0 Å². The molecule has 0 bridgehead atoms. The van der Waals surface area contributed by atoms with Crippen LogP contribution >= 0.6 is 7.26 Å². The van der Waals surface area contributed by atoms with Crippen LogP contribution in [0, 0.1) is 0 Å². The highest BCUT2D eigenvalue weighted by molar-refractivity contribution is 7.99. The van der Waals surface area contributed by atoms with Crippen LogP contribution in [0.25, 0.3) is 0 Å². The molecule has 3 nitrogen and oxygen atoms in total. The third kappa shape index (κ3) is 3.46. The summed E-state index contributed by atoms with van der Waals surface area (Å²) in [6, 6.07) is 0. The summed E-state index contributed by atoms with van der Waals surface area (Å²) < 4.78 is 32.6. The van der Waals surface area contributed by atoms with E-state index in [0.717, 1.165) is 0 Å². The van der Waals surface area contributed by atoms with Gasteiger partial charge in [0, 0.05) is 7.26 Å². The fourth-order valence-electron chi connectivity index (χ4n) is 3.84. The number of rotatable bonds is 2. The average Bonchev–Trinajstić information content (AvgIpc) is 1.90. The lowest BCUT2D eigenvalue weighted by Gasteiger charge is -2.53. The summed E-state index contributed by atoms with van der Waals surface area (Å²) in [7, 11) is -5.99. The van der Waals surface area contributed by atoms with Gasteiger partial charge in [-0.25, -0.2) is 0 Å². The summed E-state index contributed by atoms with van der Waals surface area (Å²) in [5.74, 6) is 0. The molecule has 0 aliphatic carbocycles. The molecule has 0 aromatic rings. The van der Waals surface area contributed by atoms with Crippen molar-refractivity contribution in [2.75, 3.05) is 5.49 Å². The van der Waals surface area contributed by atoms with Gasteiger partial charge in [0.1, 0.15) is 0 Å². The fourth-order valence-corrected chi connectivity index (χ4v) is 16.5. The van der Waals surface area contributed by atoms with Gasteiger partial charge in [-0.05, 0) is 62.3 Å². The van der Waals surface area contributed by atoms with Crippen LogP contribution in [-0.2, 0) is 10.1 Å². The summed E-state index contributed by atoms with van der Waals surface area (Å²) in [4.78, 5) is 0. The van der Waals surface area contributed by atoms with Gasteiger partial charge < -0.3 is 0 Å². The monoisotopic (exact) mass is 297 g/mol. The summed E-state index contributed by atoms with van der Waals surface area (Å²) in [5.41, 5.74) is -0.101. The maximum absolute atomic E-state index is 11.6. The topological polar surface area (TPSA) is 54.4 Å². The molecule has 5 heteroatoms. The number of hydrogen-bond donors (Lipinski definition) is 1. The third-order valence-corrected chi connectivity index (χ3v) is 13.5. The zero-order valence-corrected chi connectivity index (χ0v) is 15.0. The quantitative estimate of drug-likeness (QED) is 0.612. The Hall–Kier alpha value is 0.340. The van der Waals surface area contributed by atoms with Gasteiger partial charge in [0.2, 0.25) is 0 Å². The minimum atomic E-state index is -3.98. The first kappa shape index (κ1) is 18.3. The van der Waals surface area contributed by atoms with E-state index in [1.54, 1.807) is 0 Å². The first-order chi connectivity index (χ1) is 7.46. The predicted molar refractivity (Wildman–Crippen MR) is 82.6 cm³/mol. The maximum Gasteiger partial charge on any atom is 0.300 e. The molecule has 0 saturated heterocycles. The van der Waals surface area contributed by atoms with E-state index in [2.05, 4.69) is 62.3 Å². The molecule has 0 amide bonds. The van der Waals surface area contributed by atoms with Crippen molar-refractivity contribution in [2.24, 2.45) is 0 Å². The Morgan fingerprint density at radius 2 is 1.00 bits per heavy atom. The molecular formula is C13H30O3PS+. The van der Waals surface area contributed by atoms with E-state index in [9.17, 15) is 13.0 Å². The van der Waals surface area contributed by atoms with Gasteiger partial charge in [-0.15, -0.1) is 0 Å². The van der Waals surface area contributed by atoms with Crippen LogP contribution in [0.1, 0.15) is 62.3 Å². The van der Waals surface area contributed by atoms with E-state index in [0.29, 0.717) is 0 Å². The summed E-state index contributed by atoms with van der Waals surface area (Å²) in [6.45, 7) is 18.9. The number of hydrogen-bond acceptors (Lipinski definition) is 2. The fraction of sp³-hybridized carbons (Fsp3) is 1.00. The second-order valence-corrected chi connectivity index (χ2v) is 15.9. The van der Waals surface area contributed by atoms with E-state index in [1.807, 2.05) is 0 Å². The normalized spacial score (nSPS) is 15.9. The second-order valence-electron chi connectivity index (χ2n) is 8.03. The molecule has 1 N–H and O–H groups in total. The maximum atomic E-state index is 11.6. The Balaban J connectivity index is 6.27. The van der Waals surface area contributed by atoms with Crippen molar-refractivity contribution in [3.05, 3.63) is 0 Å². The Morgan fingerprint density at radius 3 is 1.06 bits per heavy atom. The van der Waals surface area contributed by atoms with E-state index in [4.69, 9.17) is 0 Å². The molecule has 0 unspecified atom stereocenters. The largest absolute Gasteiger partial charge is 0.300 e. The SMILES string of the molecule is CC(C)(C)[P+](CS(=O)(=O)O)(C(C)(C)C)C(C)(C)C. The van der Waals surface area contributed by atoms with Crippen molar-refractivity contribution in [3.63, 3.8) is 0 Å². The summed E-state index contributed by atoms with van der Waals surface area (Å²) >= 11 is 0. The molecule has 110 valence electrons. The Morgan fingerprint density at radius 1 is 0.778 bits per heavy atom. The standard InChI is InChI=1S/C13H29O3PS/c1-11(2,3)17(12(4,5)6,13(7,8)9)10-18(14,15)16/h10H2,1-9H3/p+1. The Labute approximate surface area is 114 Å². The van der Waals surface area contributed by atoms with Gasteiger partial charge in [0.05, 0.1) is 15.5 Å². The van der Waals surface area contributed by atoms with Crippen LogP contribution in [0.15, 0.2) is 0 Å². The summed E-state index contributed by atoms with van der Waals surface area (Å²) in [6.07, 6.45) is 0. The van der Waals surface area contributed by atoms with Crippen molar-refractivity contribution in [2.45, 2.75) is 77.8 Å². The molecule has 0 aromatic heterocycles. The van der Waals surface area contributed by atoms with E-state index in [-0.39, 0.29) is 21.0 Å². The highest BCUT2D eigenvalue weighted by atomic mass is 32.2. The molecule has 0 heterocycles. The first-order valence-electron chi connectivity index (χ1n) is 6.29. The molecule has 0 saturated carbocycles. The van der Waals surface area contributed by atoms with E-state index in [1.165, 1.54) is 0 Å². The Kier molecular flexibility index (Phi) is 4.80. The molecule has 0 rings (SSSR count). The van der Waals surface area contributed by atoms with Gasteiger partial charge in [-0.2, -0.15) is 8.42 Å². The van der Waals surface area contributed by atoms with Crippen molar-refractivity contribution in [3.8, 4) is 0 Å². The molecule has 0 radical (unpaired) electrons. The lowest BCUT2D eigenvalue weighted by atomic mass is 10.2. The molecule has 0 atom stereocenters. The molecule has 0 aliphatic heterocycles. The van der Waals surface area contributed by atoms with Crippen molar-refractivity contribution in [1.82, 2.24) is 0 Å². The predicted octanol–water partition coefficient (Wildman–Crippen LogP) is 4.24. The van der Waals surface area contributed by atoms with E-state index < -0.39 is 17.4 Å². The second kappa shape index (κ2) is 4.71. The van der Waals surface area contributed by atoms with E-state index >= 15 is 0 Å². The highest BCUT2D eigenvalue weighted by Crippen LogP contribution is 2.83. The zero-order valence-electron chi connectivity index (χ0n) is 13.3. The molecule has 0 spiro atoms. The smallest absolute Gasteiger partial charge is 0.283 e. The highest BCUT2D eigenvalue weighted by Gasteiger charge is 2.66. The minimum absolute atomic E-state index is 0.101. The minimum Gasteiger partial charge on any atom is -0.283 e. The third-order valence-electron chi connectivity index (χ3n) is 3.79. The molecule has 0 fully saturated rings. The van der Waals surface area contributed by atoms with Crippen LogP contribution in [0.5, 0.6) is 0 Å². The van der Waals surface area contributed by atoms with Gasteiger partial charge in [0.15, 0.2) is 5.49 Å². The van der Waals surface area contributed by atoms with Crippen molar-refractivity contribution >= 4 is 17.4 Å². The Bertz CT molecular complexity index is 355. The first-order valence-corrected chi connectivity index (χ1v) is 9.87. The zero-order chi connectivity index (χ0) is 15.2. The van der Waals surface area contributed by atoms with Crippen LogP contribution in [0.4, 0.5) is 0 Å². The summed E-state index contributed by atoms with van der Waals surface area (Å²) in [5, 5.41) is -0.419. The molecule has 18 heavy (non-hydrogen) atoms. The van der Waals surface area contributed by atoms with Gasteiger partial charge in [-0.1, -0.05) is 0 Å². The van der Waals surface area contributed by atoms with Crippen LogP contribution in [0.3, 0.4) is 0 Å². The average molecular weight is 297 g/mol. The molecule has 0 aliphatic rings. The van der Waals surface area contributed by atoms with Gasteiger partial charge in [0.25, 0.3) is 10.1 Å². The lowest BCUT2D eigenvalue weighted by Crippen LogP contribution is -2.46. The van der Waals surface area contributed by atoms with Crippen molar-refractivity contribution in [1.29, 1.82) is 0 Å². The van der Waals surface area contributed by atoms with Crippen LogP contribution < -0.4 is 0 Å². The van der Waals surface area contributed by atoms with Gasteiger partial charge in [-0.3, -0.25) is 4.55 Å². The molecular weight excluding hydrogens is 267 g/mol. The lowest BCUT2D eigenvalue weighted by molar-refractivity contribution is 0.486. The van der Waals surface area contributed by atoms with Crippen molar-refractivity contribution < 1.29 is 13.0 Å². The molecule has 0 aromatic carbocycles. The van der Waals surface area contributed by atoms with Crippen LogP contribution in [0.2, 0.25) is 0 Å². The van der Waals surface area contributed by atoms with Crippen LogP contribution in [-0.4, -0.2) is 33.9 Å².